The van der Waals surface area contributed by atoms with Gasteiger partial charge in [-0.3, -0.25) is 0 Å². The molecule has 8 aromatic carbocycles. The lowest BCUT2D eigenvalue weighted by Crippen LogP contribution is -2.62. The van der Waals surface area contributed by atoms with Gasteiger partial charge in [0.2, 0.25) is 0 Å². The first-order valence-corrected chi connectivity index (χ1v) is 27.1. The Morgan fingerprint density at radius 3 is 1.73 bits per heavy atom. The number of hydrogen-bond acceptors (Lipinski definition) is 1. The van der Waals surface area contributed by atoms with Gasteiger partial charge in [0.05, 0.1) is 16.4 Å². The van der Waals surface area contributed by atoms with Gasteiger partial charge in [-0.1, -0.05) is 191 Å². The van der Waals surface area contributed by atoms with Crippen LogP contribution < -0.4 is 15.7 Å². The van der Waals surface area contributed by atoms with Gasteiger partial charge in [0.1, 0.15) is 0 Å². The van der Waals surface area contributed by atoms with Crippen LogP contribution in [0.5, 0.6) is 0 Å². The highest BCUT2D eigenvalue weighted by Gasteiger charge is 2.54. The maximum Gasteiger partial charge on any atom is 0.333 e. The molecular formula is C67H59BN2. The molecule has 0 atom stereocenters. The lowest BCUT2D eigenvalue weighted by Gasteiger charge is -2.52. The van der Waals surface area contributed by atoms with Crippen LogP contribution in [0.25, 0.3) is 49.7 Å². The molecule has 0 saturated heterocycles. The molecular weight excluding hydrogens is 844 g/mol. The first-order valence-electron chi connectivity index (χ1n) is 27.1. The smallest absolute Gasteiger partial charge is 0.333 e. The molecule has 0 unspecified atom stereocenters. The maximum absolute atomic E-state index is 2.86. The zero-order valence-electron chi connectivity index (χ0n) is 40.3. The zero-order valence-corrected chi connectivity index (χ0v) is 40.3. The van der Waals surface area contributed by atoms with Crippen LogP contribution in [0, 0.1) is 11.8 Å². The van der Waals surface area contributed by atoms with Gasteiger partial charge in [0, 0.05) is 33.4 Å². The second-order valence-corrected chi connectivity index (χ2v) is 23.1. The number of hydrogen-bond donors (Lipinski definition) is 0. The lowest BCUT2D eigenvalue weighted by atomic mass is 9.42. The monoisotopic (exact) mass is 902 g/mol. The van der Waals surface area contributed by atoms with Crippen molar-refractivity contribution in [2.45, 2.75) is 106 Å². The molecule has 3 aliphatic heterocycles. The lowest BCUT2D eigenvalue weighted by molar-refractivity contribution is 0.149. The topological polar surface area (TPSA) is 8.17 Å². The van der Waals surface area contributed by atoms with Crippen molar-refractivity contribution in [3.8, 4) is 27.9 Å². The van der Waals surface area contributed by atoms with E-state index in [2.05, 4.69) is 185 Å². The minimum atomic E-state index is -0.537. The molecule has 0 N–H and O–H groups in total. The molecule has 1 aromatic heterocycles. The van der Waals surface area contributed by atoms with Crippen LogP contribution in [0.2, 0.25) is 0 Å². The third-order valence-corrected chi connectivity index (χ3v) is 19.8. The van der Waals surface area contributed by atoms with Crippen molar-refractivity contribution in [1.82, 2.24) is 4.57 Å². The van der Waals surface area contributed by atoms with E-state index < -0.39 is 5.41 Å². The Labute approximate surface area is 413 Å². The fourth-order valence-corrected chi connectivity index (χ4v) is 17.0. The van der Waals surface area contributed by atoms with Crippen molar-refractivity contribution < 1.29 is 0 Å². The van der Waals surface area contributed by atoms with E-state index in [0.29, 0.717) is 5.41 Å². The van der Waals surface area contributed by atoms with Crippen molar-refractivity contribution in [3.63, 3.8) is 0 Å². The molecule has 4 heterocycles. The molecule has 9 aromatic rings. The van der Waals surface area contributed by atoms with Gasteiger partial charge in [-0.05, 0) is 159 Å². The molecule has 4 saturated carbocycles. The summed E-state index contributed by atoms with van der Waals surface area (Å²) in [5.41, 5.74) is 23.5. The van der Waals surface area contributed by atoms with Gasteiger partial charge in [-0.25, -0.2) is 0 Å². The van der Waals surface area contributed by atoms with Gasteiger partial charge in [0.15, 0.2) is 0 Å². The molecule has 3 heteroatoms. The predicted molar refractivity (Wildman–Crippen MR) is 292 cm³/mol. The highest BCUT2D eigenvalue weighted by atomic mass is 15.1. The molecule has 0 spiro atoms. The molecule has 2 nitrogen and oxygen atoms in total. The van der Waals surface area contributed by atoms with Crippen molar-refractivity contribution in [3.05, 3.63) is 209 Å². The summed E-state index contributed by atoms with van der Waals surface area (Å²) in [4.78, 5) is 2.86. The maximum atomic E-state index is 2.86. The van der Waals surface area contributed by atoms with Gasteiger partial charge in [-0.15, -0.1) is 0 Å². The summed E-state index contributed by atoms with van der Waals surface area (Å²) in [6, 6.07) is 69.5. The molecule has 340 valence electrons. The van der Waals surface area contributed by atoms with Crippen LogP contribution >= 0.6 is 0 Å². The Hall–Kier alpha value is -6.58. The largest absolute Gasteiger partial charge is 0.376 e. The summed E-state index contributed by atoms with van der Waals surface area (Å²) < 4.78 is 2.77. The number of aromatic nitrogens is 1. The molecule has 4 fully saturated rings. The van der Waals surface area contributed by atoms with Crippen molar-refractivity contribution >= 4 is 51.0 Å². The Morgan fingerprint density at radius 2 is 1.04 bits per heavy atom. The number of benzene rings is 8. The van der Waals surface area contributed by atoms with E-state index in [9.17, 15) is 0 Å². The molecule has 0 amide bonds. The van der Waals surface area contributed by atoms with E-state index in [4.69, 9.17) is 0 Å². The van der Waals surface area contributed by atoms with Crippen LogP contribution in [0.3, 0.4) is 0 Å². The zero-order chi connectivity index (χ0) is 45.8. The van der Waals surface area contributed by atoms with Crippen molar-refractivity contribution in [2.24, 2.45) is 11.8 Å². The number of rotatable bonds is 5. The SMILES string of the molecule is c1ccc(-c2cc3c4c(c2)-n2c5ccc(C67CCCC(CCC6)C7)cc5c5cc(C67CCCC(CCC6)C7)cc(c52)B4N2c4ccccc4C(c4ccccc4)(c4ccccc4)c4cccc-3c42)cc1. The fraction of sp³-hybridized carbons (Fsp3) is 0.284. The van der Waals surface area contributed by atoms with Crippen LogP contribution in [0.15, 0.2) is 176 Å². The van der Waals surface area contributed by atoms with Crippen LogP contribution in [-0.2, 0) is 16.2 Å². The Balaban J connectivity index is 1.05. The quantitative estimate of drug-likeness (QED) is 0.156. The highest BCUT2D eigenvalue weighted by molar-refractivity contribution is 6.93. The van der Waals surface area contributed by atoms with E-state index in [0.717, 1.165) is 11.8 Å². The standard InChI is InChI=1S/C67H59BN2/c1-4-21-46(22-5-1)47-37-54-52-27-12-29-57-63(52)70(60-30-11-10-28-56(60)67(57,48-23-6-2-7-24-48)49-25-8-3-9-26-49)68-58-41-51(66-35-15-19-45(43-66)20-16-36-66)40-55-53-39-50(65-33-13-17-44(42-65)18-14-34-65)31-32-59(53)69(64(55)58)61(38-47)62(54)68/h1-12,21-32,37-41,44-45H,13-20,33-36,42-43H2. The third-order valence-electron chi connectivity index (χ3n) is 19.8. The second-order valence-electron chi connectivity index (χ2n) is 23.1. The van der Waals surface area contributed by atoms with E-state index >= 15 is 0 Å². The van der Waals surface area contributed by atoms with Gasteiger partial charge >= 0.3 is 6.85 Å². The highest BCUT2D eigenvalue weighted by Crippen LogP contribution is 2.61. The van der Waals surface area contributed by atoms with Gasteiger partial charge < -0.3 is 9.38 Å². The summed E-state index contributed by atoms with van der Waals surface area (Å²) in [5.74, 6) is 1.73. The van der Waals surface area contributed by atoms with Crippen LogP contribution in [0.4, 0.5) is 11.4 Å². The van der Waals surface area contributed by atoms with Crippen molar-refractivity contribution in [2.75, 3.05) is 4.81 Å². The Kier molecular flexibility index (Phi) is 8.46. The minimum absolute atomic E-state index is 0.0247. The molecule has 7 aliphatic rings. The number of fused-ring (bicyclic) bond motifs is 13. The van der Waals surface area contributed by atoms with E-state index in [1.165, 1.54) is 184 Å². The van der Waals surface area contributed by atoms with Crippen LogP contribution in [-0.4, -0.2) is 11.4 Å². The second kappa shape index (κ2) is 14.7. The first kappa shape index (κ1) is 40.2. The van der Waals surface area contributed by atoms with Gasteiger partial charge in [-0.2, -0.15) is 0 Å². The van der Waals surface area contributed by atoms with Gasteiger partial charge in [0.25, 0.3) is 0 Å². The van der Waals surface area contributed by atoms with Crippen molar-refractivity contribution in [1.29, 1.82) is 0 Å². The average molecular weight is 903 g/mol. The Bertz CT molecular complexity index is 3540. The van der Waals surface area contributed by atoms with E-state index in [1.54, 1.807) is 11.1 Å². The first-order chi connectivity index (χ1) is 34.6. The van der Waals surface area contributed by atoms with E-state index in [1.807, 2.05) is 0 Å². The average Bonchev–Trinajstić information content (AvgIpc) is 3.76. The predicted octanol–water partition coefficient (Wildman–Crippen LogP) is 15.6. The fourth-order valence-electron chi connectivity index (χ4n) is 17.0. The summed E-state index contributed by atoms with van der Waals surface area (Å²) in [5, 5.41) is 2.95. The number of nitrogens with zero attached hydrogens (tertiary/aromatic N) is 2. The molecule has 16 rings (SSSR count). The summed E-state index contributed by atoms with van der Waals surface area (Å²) >= 11 is 0. The molecule has 70 heavy (non-hydrogen) atoms. The summed E-state index contributed by atoms with van der Waals surface area (Å²) in [6.45, 7) is -0.0247. The minimum Gasteiger partial charge on any atom is -0.376 e. The summed E-state index contributed by atoms with van der Waals surface area (Å²) in [7, 11) is 0. The number of anilines is 2. The third kappa shape index (κ3) is 5.31. The van der Waals surface area contributed by atoms with E-state index in [-0.39, 0.29) is 12.3 Å². The Morgan fingerprint density at radius 1 is 0.443 bits per heavy atom. The number of para-hydroxylation sites is 2. The summed E-state index contributed by atoms with van der Waals surface area (Å²) in [6.07, 6.45) is 19.1. The molecule has 4 aliphatic carbocycles. The molecule has 4 bridgehead atoms. The normalized spacial score (nSPS) is 24.2. The molecule has 0 radical (unpaired) electrons. The van der Waals surface area contributed by atoms with Crippen LogP contribution in [0.1, 0.15) is 123 Å².